The van der Waals surface area contributed by atoms with Gasteiger partial charge >= 0.3 is 0 Å². The van der Waals surface area contributed by atoms with Gasteiger partial charge in [-0.1, -0.05) is 25.5 Å². The summed E-state index contributed by atoms with van der Waals surface area (Å²) in [6.07, 6.45) is 2.35. The largest absolute Gasteiger partial charge is 0.367 e. The molecular formula is C19H22FN3O2. The van der Waals surface area contributed by atoms with Gasteiger partial charge in [0.25, 0.3) is 5.91 Å². The molecular weight excluding hydrogens is 321 g/mol. The average Bonchev–Trinajstić information content (AvgIpc) is 3.03. The maximum Gasteiger partial charge on any atom is 0.251 e. The van der Waals surface area contributed by atoms with E-state index in [1.807, 2.05) is 11.8 Å². The van der Waals surface area contributed by atoms with Crippen molar-refractivity contribution in [1.82, 2.24) is 10.3 Å². The number of hydrogen-bond acceptors (Lipinski definition) is 3. The van der Waals surface area contributed by atoms with E-state index >= 15 is 0 Å². The molecule has 0 saturated carbocycles. The highest BCUT2D eigenvalue weighted by Gasteiger charge is 2.26. The fraction of sp³-hybridized carbons (Fsp3) is 0.368. The quantitative estimate of drug-likeness (QED) is 0.877. The zero-order valence-corrected chi connectivity index (χ0v) is 14.2. The van der Waals surface area contributed by atoms with E-state index in [1.165, 1.54) is 12.1 Å². The number of H-pyrrole nitrogens is 1. The minimum atomic E-state index is -0.268. The van der Waals surface area contributed by atoms with Crippen LogP contribution in [0.3, 0.4) is 0 Å². The van der Waals surface area contributed by atoms with Crippen molar-refractivity contribution in [1.29, 1.82) is 0 Å². The number of aromatic nitrogens is 1. The van der Waals surface area contributed by atoms with Crippen molar-refractivity contribution in [3.63, 3.8) is 0 Å². The van der Waals surface area contributed by atoms with E-state index in [2.05, 4.69) is 10.3 Å². The lowest BCUT2D eigenvalue weighted by atomic mass is 10.1. The van der Waals surface area contributed by atoms with Crippen LogP contribution in [0.1, 0.15) is 35.8 Å². The zero-order valence-electron chi connectivity index (χ0n) is 14.2. The van der Waals surface area contributed by atoms with Gasteiger partial charge in [0, 0.05) is 36.5 Å². The molecule has 0 aliphatic carbocycles. The third-order valence-electron chi connectivity index (χ3n) is 4.40. The van der Waals surface area contributed by atoms with E-state index < -0.39 is 0 Å². The average molecular weight is 343 g/mol. The molecule has 0 bridgehead atoms. The molecule has 1 fully saturated rings. The number of anilines is 1. The summed E-state index contributed by atoms with van der Waals surface area (Å²) in [7, 11) is 0. The Labute approximate surface area is 145 Å². The molecule has 1 aromatic heterocycles. The number of nitrogens with zero attached hydrogens (tertiary/aromatic N) is 1. The molecule has 132 valence electrons. The number of pyridine rings is 1. The summed E-state index contributed by atoms with van der Waals surface area (Å²) in [5, 5.41) is 2.96. The molecule has 2 aromatic rings. The topological polar surface area (TPSA) is 65.2 Å². The number of carbonyl (C=O) groups is 1. The predicted octanol–water partition coefficient (Wildman–Crippen LogP) is 2.48. The summed E-state index contributed by atoms with van der Waals surface area (Å²) in [5.74, 6) is -0.517. The van der Waals surface area contributed by atoms with E-state index in [0.717, 1.165) is 25.0 Å². The van der Waals surface area contributed by atoms with Gasteiger partial charge in [-0.2, -0.15) is 0 Å². The number of hydrogen-bond donors (Lipinski definition) is 2. The molecule has 1 aromatic carbocycles. The SMILES string of the molecule is CCCc1cc(C(=O)NC2CCN(c3ccccc3F)C2)cc(=O)[nH]1. The Morgan fingerprint density at radius 2 is 2.16 bits per heavy atom. The molecule has 25 heavy (non-hydrogen) atoms. The molecule has 0 radical (unpaired) electrons. The summed E-state index contributed by atoms with van der Waals surface area (Å²) in [6, 6.07) is 9.62. The fourth-order valence-electron chi connectivity index (χ4n) is 3.21. The van der Waals surface area contributed by atoms with Crippen molar-refractivity contribution < 1.29 is 9.18 Å². The number of aromatic amines is 1. The highest BCUT2D eigenvalue weighted by atomic mass is 19.1. The normalized spacial score (nSPS) is 16.9. The van der Waals surface area contributed by atoms with Crippen LogP contribution >= 0.6 is 0 Å². The Morgan fingerprint density at radius 1 is 1.36 bits per heavy atom. The lowest BCUT2D eigenvalue weighted by molar-refractivity contribution is 0.0940. The van der Waals surface area contributed by atoms with E-state index in [0.29, 0.717) is 24.3 Å². The molecule has 3 rings (SSSR count). The lowest BCUT2D eigenvalue weighted by Crippen LogP contribution is -2.37. The van der Waals surface area contributed by atoms with Gasteiger partial charge in [-0.15, -0.1) is 0 Å². The van der Waals surface area contributed by atoms with Crippen LogP contribution in [0.15, 0.2) is 41.2 Å². The minimum Gasteiger partial charge on any atom is -0.367 e. The van der Waals surface area contributed by atoms with Gasteiger partial charge in [0.1, 0.15) is 5.82 Å². The Balaban J connectivity index is 1.66. The second-order valence-corrected chi connectivity index (χ2v) is 6.36. The molecule has 1 aliphatic heterocycles. The van der Waals surface area contributed by atoms with Crippen LogP contribution in [-0.2, 0) is 6.42 Å². The number of amides is 1. The van der Waals surface area contributed by atoms with E-state index in [1.54, 1.807) is 24.3 Å². The molecule has 1 saturated heterocycles. The first kappa shape index (κ1) is 17.2. The number of aryl methyl sites for hydroxylation is 1. The lowest BCUT2D eigenvalue weighted by Gasteiger charge is -2.19. The fourth-order valence-corrected chi connectivity index (χ4v) is 3.21. The van der Waals surface area contributed by atoms with Crippen molar-refractivity contribution in [2.75, 3.05) is 18.0 Å². The van der Waals surface area contributed by atoms with E-state index in [4.69, 9.17) is 0 Å². The van der Waals surface area contributed by atoms with Gasteiger partial charge in [0.05, 0.1) is 5.69 Å². The van der Waals surface area contributed by atoms with Gasteiger partial charge in [-0.05, 0) is 31.0 Å². The van der Waals surface area contributed by atoms with Crippen LogP contribution in [-0.4, -0.2) is 30.0 Å². The second-order valence-electron chi connectivity index (χ2n) is 6.36. The third kappa shape index (κ3) is 4.07. The molecule has 2 N–H and O–H groups in total. The van der Waals surface area contributed by atoms with Crippen molar-refractivity contribution in [2.24, 2.45) is 0 Å². The number of rotatable bonds is 5. The van der Waals surface area contributed by atoms with Gasteiger partial charge in [0.2, 0.25) is 5.56 Å². The number of para-hydroxylation sites is 1. The minimum absolute atomic E-state index is 0.0685. The van der Waals surface area contributed by atoms with Crippen LogP contribution < -0.4 is 15.8 Å². The van der Waals surface area contributed by atoms with Gasteiger partial charge in [-0.25, -0.2) is 4.39 Å². The maximum atomic E-state index is 13.9. The standard InChI is InChI=1S/C19H22FN3O2/c1-2-5-14-10-13(11-18(24)21-14)19(25)22-15-8-9-23(12-15)17-7-4-3-6-16(17)20/h3-4,6-7,10-11,15H,2,5,8-9,12H2,1H3,(H,21,24)(H,22,25). The second kappa shape index (κ2) is 7.51. The Kier molecular flexibility index (Phi) is 5.16. The van der Waals surface area contributed by atoms with Crippen molar-refractivity contribution >= 4 is 11.6 Å². The summed E-state index contributed by atoms with van der Waals surface area (Å²) in [6.45, 7) is 3.25. The van der Waals surface area contributed by atoms with Crippen LogP contribution in [0.4, 0.5) is 10.1 Å². The van der Waals surface area contributed by atoms with Gasteiger partial charge in [-0.3, -0.25) is 9.59 Å². The molecule has 1 atom stereocenters. The maximum absolute atomic E-state index is 13.9. The van der Waals surface area contributed by atoms with Crippen molar-refractivity contribution in [2.45, 2.75) is 32.2 Å². The number of nitrogens with one attached hydrogen (secondary N) is 2. The summed E-state index contributed by atoms with van der Waals surface area (Å²) in [5.41, 5.74) is 1.42. The zero-order chi connectivity index (χ0) is 17.8. The van der Waals surface area contributed by atoms with Crippen LogP contribution in [0.25, 0.3) is 0 Å². The first-order valence-corrected chi connectivity index (χ1v) is 8.60. The van der Waals surface area contributed by atoms with Crippen molar-refractivity contribution in [3.05, 3.63) is 63.8 Å². The Morgan fingerprint density at radius 3 is 2.92 bits per heavy atom. The number of benzene rings is 1. The monoisotopic (exact) mass is 343 g/mol. The Bertz CT molecular complexity index is 818. The van der Waals surface area contributed by atoms with Crippen molar-refractivity contribution in [3.8, 4) is 0 Å². The summed E-state index contributed by atoms with van der Waals surface area (Å²) in [4.78, 5) is 28.9. The van der Waals surface area contributed by atoms with Crippen LogP contribution in [0, 0.1) is 5.82 Å². The Hall–Kier alpha value is -2.63. The first-order valence-electron chi connectivity index (χ1n) is 8.60. The van der Waals surface area contributed by atoms with E-state index in [9.17, 15) is 14.0 Å². The molecule has 6 heteroatoms. The molecule has 2 heterocycles. The molecule has 5 nitrogen and oxygen atoms in total. The summed E-state index contributed by atoms with van der Waals surface area (Å²) >= 11 is 0. The molecule has 1 amide bonds. The van der Waals surface area contributed by atoms with E-state index in [-0.39, 0.29) is 23.3 Å². The third-order valence-corrected chi connectivity index (χ3v) is 4.40. The van der Waals surface area contributed by atoms with Crippen LogP contribution in [0.5, 0.6) is 0 Å². The smallest absolute Gasteiger partial charge is 0.251 e. The first-order chi connectivity index (χ1) is 12.1. The van der Waals surface area contributed by atoms with Crippen LogP contribution in [0.2, 0.25) is 0 Å². The van der Waals surface area contributed by atoms with Gasteiger partial charge in [0.15, 0.2) is 0 Å². The highest BCUT2D eigenvalue weighted by molar-refractivity contribution is 5.94. The molecule has 1 aliphatic rings. The molecule has 1 unspecified atom stereocenters. The number of carbonyl (C=O) groups excluding carboxylic acids is 1. The number of halogens is 1. The predicted molar refractivity (Wildman–Crippen MR) is 95.5 cm³/mol. The molecule has 0 spiro atoms. The summed E-state index contributed by atoms with van der Waals surface area (Å²) < 4.78 is 13.9. The highest BCUT2D eigenvalue weighted by Crippen LogP contribution is 2.23. The van der Waals surface area contributed by atoms with Gasteiger partial charge < -0.3 is 15.2 Å².